The molecule has 0 aliphatic heterocycles. The lowest BCUT2D eigenvalue weighted by Gasteiger charge is -2.27. The van der Waals surface area contributed by atoms with Crippen LogP contribution in [0.25, 0.3) is 0 Å². The van der Waals surface area contributed by atoms with Crippen molar-refractivity contribution in [2.24, 2.45) is 66.6 Å². The molecule has 6 unspecified atom stereocenters. The van der Waals surface area contributed by atoms with Crippen LogP contribution in [0.1, 0.15) is 63.4 Å². The molecule has 26 heteroatoms. The highest BCUT2D eigenvalue weighted by Crippen LogP contribution is 2.09. The fraction of sp³-hybridized carbons (Fsp3) is 0.528. The number of rotatable bonds is 30. The first-order valence-electron chi connectivity index (χ1n) is 19.5. The van der Waals surface area contributed by atoms with Gasteiger partial charge in [0.05, 0.1) is 12.5 Å². The van der Waals surface area contributed by atoms with Crippen LogP contribution in [0, 0.1) is 0 Å². The van der Waals surface area contributed by atoms with Crippen molar-refractivity contribution in [2.75, 3.05) is 19.6 Å². The van der Waals surface area contributed by atoms with E-state index in [0.717, 1.165) is 0 Å². The third kappa shape index (κ3) is 22.8. The number of amides is 7. The largest absolute Gasteiger partial charge is 0.480 e. The van der Waals surface area contributed by atoms with E-state index < -0.39 is 90.0 Å². The smallest absolute Gasteiger partial charge is 0.326 e. The molecule has 344 valence electrons. The number of guanidine groups is 3. The molecule has 0 saturated carbocycles. The molecule has 0 aliphatic carbocycles. The Morgan fingerprint density at radius 2 is 0.903 bits per heavy atom. The second-order valence-electron chi connectivity index (χ2n) is 14.0. The fourth-order valence-electron chi connectivity index (χ4n) is 5.58. The molecule has 62 heavy (non-hydrogen) atoms. The molecule has 0 aliphatic rings. The standard InChI is InChI=1S/C36H61N17O9/c37-20(9-4-14-46-34(40)41)28(56)52-24(17-19-7-2-1-3-8-19)31(59)49-22(11-6-16-48-36(44)45)30(58)53-25(18-27(39)55)32(60)50-21(10-5-15-47-35(42)43)29(57)51-23(33(61)62)12-13-26(38)54/h1-3,7-8,20-25H,4-6,9-18,37H2,(H2,38,54)(H2,39,55)(H,49,59)(H,50,60)(H,51,57)(H,52,56)(H,53,58)(H,61,62)(H4,40,41,46)(H4,42,43,47)(H4,44,45,48). The van der Waals surface area contributed by atoms with Crippen LogP contribution in [0.3, 0.4) is 0 Å². The minimum absolute atomic E-state index is 0.00815. The number of nitrogens with two attached hydrogens (primary N) is 9. The second kappa shape index (κ2) is 28.3. The van der Waals surface area contributed by atoms with Crippen molar-refractivity contribution in [3.63, 3.8) is 0 Å². The van der Waals surface area contributed by atoms with Gasteiger partial charge in [-0.15, -0.1) is 0 Å². The Balaban J connectivity index is 3.45. The zero-order valence-corrected chi connectivity index (χ0v) is 34.3. The lowest BCUT2D eigenvalue weighted by molar-refractivity contribution is -0.142. The Bertz CT molecular complexity index is 1770. The van der Waals surface area contributed by atoms with Crippen molar-refractivity contribution >= 4 is 65.2 Å². The van der Waals surface area contributed by atoms with E-state index in [2.05, 4.69) is 41.6 Å². The topological polar surface area (TPSA) is 488 Å². The number of primary amides is 2. The summed E-state index contributed by atoms with van der Waals surface area (Å²) in [7, 11) is 0. The molecular weight excluding hydrogens is 815 g/mol. The minimum atomic E-state index is -1.74. The highest BCUT2D eigenvalue weighted by Gasteiger charge is 2.33. The first kappa shape index (κ1) is 52.8. The Morgan fingerprint density at radius 3 is 1.34 bits per heavy atom. The van der Waals surface area contributed by atoms with E-state index in [1.54, 1.807) is 30.3 Å². The molecule has 1 rings (SSSR count). The van der Waals surface area contributed by atoms with Gasteiger partial charge in [0.2, 0.25) is 41.4 Å². The Kier molecular flexibility index (Phi) is 24.1. The average molecular weight is 876 g/mol. The molecule has 1 aromatic rings. The lowest BCUT2D eigenvalue weighted by Crippen LogP contribution is -2.60. The molecule has 0 saturated heterocycles. The molecule has 0 fully saturated rings. The van der Waals surface area contributed by atoms with Gasteiger partial charge in [0.1, 0.15) is 30.2 Å². The van der Waals surface area contributed by atoms with Crippen LogP contribution in [0.15, 0.2) is 45.3 Å². The van der Waals surface area contributed by atoms with Crippen LogP contribution < -0.4 is 78.2 Å². The highest BCUT2D eigenvalue weighted by molar-refractivity contribution is 5.98. The number of benzene rings is 1. The van der Waals surface area contributed by atoms with Crippen molar-refractivity contribution in [1.29, 1.82) is 0 Å². The number of aliphatic imine (C=N–C) groups is 3. The summed E-state index contributed by atoms with van der Waals surface area (Å²) in [5.41, 5.74) is 49.6. The first-order valence-corrected chi connectivity index (χ1v) is 19.5. The number of hydrogen-bond acceptors (Lipinski definition) is 12. The van der Waals surface area contributed by atoms with Crippen LogP contribution in [0.5, 0.6) is 0 Å². The molecule has 0 heterocycles. The maximum atomic E-state index is 14.0. The molecule has 0 spiro atoms. The van der Waals surface area contributed by atoms with Crippen molar-refractivity contribution < 1.29 is 43.5 Å². The number of hydrogen-bond donors (Lipinski definition) is 15. The summed E-state index contributed by atoms with van der Waals surface area (Å²) >= 11 is 0. The number of nitrogens with one attached hydrogen (secondary N) is 5. The van der Waals surface area contributed by atoms with Gasteiger partial charge in [-0.05, 0) is 50.5 Å². The summed E-state index contributed by atoms with van der Waals surface area (Å²) in [6.07, 6.45) is -1.19. The third-order valence-electron chi connectivity index (χ3n) is 8.71. The maximum Gasteiger partial charge on any atom is 0.326 e. The lowest BCUT2D eigenvalue weighted by atomic mass is 10.0. The normalized spacial score (nSPS) is 13.5. The van der Waals surface area contributed by atoms with E-state index in [-0.39, 0.29) is 88.9 Å². The first-order chi connectivity index (χ1) is 29.2. The molecule has 6 atom stereocenters. The highest BCUT2D eigenvalue weighted by atomic mass is 16.4. The summed E-state index contributed by atoms with van der Waals surface area (Å²) < 4.78 is 0. The average Bonchev–Trinajstić information content (AvgIpc) is 3.19. The minimum Gasteiger partial charge on any atom is -0.480 e. The number of nitrogens with zero attached hydrogens (tertiary/aromatic N) is 3. The summed E-state index contributed by atoms with van der Waals surface area (Å²) in [5.74, 6) is -8.60. The fourth-order valence-corrected chi connectivity index (χ4v) is 5.58. The van der Waals surface area contributed by atoms with E-state index >= 15 is 0 Å². The number of carboxylic acids is 1. The predicted octanol–water partition coefficient (Wildman–Crippen LogP) is -6.63. The summed E-state index contributed by atoms with van der Waals surface area (Å²) in [6.45, 7) is 0.213. The molecule has 7 amide bonds. The van der Waals surface area contributed by atoms with Gasteiger partial charge in [-0.2, -0.15) is 0 Å². The molecule has 0 radical (unpaired) electrons. The predicted molar refractivity (Wildman–Crippen MR) is 227 cm³/mol. The van der Waals surface area contributed by atoms with Gasteiger partial charge < -0.3 is 83.3 Å². The van der Waals surface area contributed by atoms with Crippen LogP contribution in [0.4, 0.5) is 0 Å². The monoisotopic (exact) mass is 875 g/mol. The van der Waals surface area contributed by atoms with E-state index in [4.69, 9.17) is 51.6 Å². The van der Waals surface area contributed by atoms with Gasteiger partial charge in [-0.1, -0.05) is 30.3 Å². The van der Waals surface area contributed by atoms with Crippen LogP contribution in [-0.2, 0) is 44.8 Å². The van der Waals surface area contributed by atoms with E-state index in [1.165, 1.54) is 0 Å². The van der Waals surface area contributed by atoms with Crippen LogP contribution >= 0.6 is 0 Å². The summed E-state index contributed by atoms with van der Waals surface area (Å²) in [5, 5.41) is 21.9. The number of aliphatic carboxylic acids is 1. The van der Waals surface area contributed by atoms with Gasteiger partial charge in [0, 0.05) is 32.5 Å². The number of carbonyl (C=O) groups is 8. The zero-order chi connectivity index (χ0) is 46.8. The van der Waals surface area contributed by atoms with E-state index in [1.807, 2.05) is 0 Å². The van der Waals surface area contributed by atoms with Gasteiger partial charge in [0.15, 0.2) is 17.9 Å². The molecule has 24 N–H and O–H groups in total. The number of carboxylic acid groups (broad SMARTS) is 1. The molecule has 0 aromatic heterocycles. The van der Waals surface area contributed by atoms with Crippen molar-refractivity contribution in [3.8, 4) is 0 Å². The SMILES string of the molecule is NC(=O)CCC(NC(=O)C(CCCN=C(N)N)NC(=O)C(CC(N)=O)NC(=O)C(CCCN=C(N)N)NC(=O)C(Cc1ccccc1)NC(=O)C(N)CCCN=C(N)N)C(=O)O. The Morgan fingerprint density at radius 1 is 0.500 bits per heavy atom. The maximum absolute atomic E-state index is 14.0. The van der Waals surface area contributed by atoms with Gasteiger partial charge in [-0.25, -0.2) is 4.79 Å². The quantitative estimate of drug-likeness (QED) is 0.0194. The van der Waals surface area contributed by atoms with Gasteiger partial charge in [-0.3, -0.25) is 48.5 Å². The molecule has 1 aromatic carbocycles. The summed E-state index contributed by atoms with van der Waals surface area (Å²) in [6, 6.07) is 0.0169. The van der Waals surface area contributed by atoms with E-state index in [9.17, 15) is 43.5 Å². The Hall–Kier alpha value is -7.25. The third-order valence-corrected chi connectivity index (χ3v) is 8.71. The van der Waals surface area contributed by atoms with Gasteiger partial charge in [0.25, 0.3) is 0 Å². The Labute approximate surface area is 357 Å². The molecule has 26 nitrogen and oxygen atoms in total. The number of carbonyl (C=O) groups excluding carboxylic acids is 7. The van der Waals surface area contributed by atoms with Gasteiger partial charge >= 0.3 is 5.97 Å². The van der Waals surface area contributed by atoms with Crippen LogP contribution in [-0.4, -0.2) is 126 Å². The zero-order valence-electron chi connectivity index (χ0n) is 34.3. The molecule has 0 bridgehead atoms. The van der Waals surface area contributed by atoms with E-state index in [0.29, 0.717) is 12.0 Å². The summed E-state index contributed by atoms with van der Waals surface area (Å²) in [4.78, 5) is 115. The molecular formula is C36H61N17O9. The van der Waals surface area contributed by atoms with Crippen molar-refractivity contribution in [3.05, 3.63) is 35.9 Å². The van der Waals surface area contributed by atoms with Crippen molar-refractivity contribution in [1.82, 2.24) is 26.6 Å². The van der Waals surface area contributed by atoms with Crippen LogP contribution in [0.2, 0.25) is 0 Å². The van der Waals surface area contributed by atoms with Crippen molar-refractivity contribution in [2.45, 2.75) is 100 Å². The second-order valence-corrected chi connectivity index (χ2v) is 14.0.